The lowest BCUT2D eigenvalue weighted by Crippen LogP contribution is -2.30. The maximum Gasteiger partial charge on any atom is 0.220 e. The van der Waals surface area contributed by atoms with Crippen molar-refractivity contribution < 1.29 is 9.53 Å². The molecule has 4 heteroatoms. The lowest BCUT2D eigenvalue weighted by Gasteiger charge is -2.30. The third-order valence-corrected chi connectivity index (χ3v) is 5.87. The van der Waals surface area contributed by atoms with E-state index in [0.29, 0.717) is 31.4 Å². The molecule has 0 unspecified atom stereocenters. The fourth-order valence-electron chi connectivity index (χ4n) is 4.47. The van der Waals surface area contributed by atoms with E-state index >= 15 is 0 Å². The molecule has 1 aliphatic rings. The lowest BCUT2D eigenvalue weighted by atomic mass is 9.75. The predicted molar refractivity (Wildman–Crippen MR) is 106 cm³/mol. The summed E-state index contributed by atoms with van der Waals surface area (Å²) in [6.45, 7) is 3.34. The highest BCUT2D eigenvalue weighted by Gasteiger charge is 2.29. The van der Waals surface area contributed by atoms with Gasteiger partial charge in [0.15, 0.2) is 0 Å². The van der Waals surface area contributed by atoms with Crippen LogP contribution in [0.25, 0.3) is 10.9 Å². The van der Waals surface area contributed by atoms with Gasteiger partial charge in [-0.15, -0.1) is 0 Å². The molecule has 0 bridgehead atoms. The van der Waals surface area contributed by atoms with Gasteiger partial charge in [0.25, 0.3) is 0 Å². The molecule has 26 heavy (non-hydrogen) atoms. The molecule has 0 spiro atoms. The maximum absolute atomic E-state index is 12.5. The topological polar surface area (TPSA) is 54.1 Å². The number of aromatic nitrogens is 1. The summed E-state index contributed by atoms with van der Waals surface area (Å²) in [6.07, 6.45) is 10.1. The highest BCUT2D eigenvalue weighted by molar-refractivity contribution is 5.87. The number of carbonyl (C=O) groups excluding carboxylic acids is 1. The molecule has 2 N–H and O–H groups in total. The van der Waals surface area contributed by atoms with Gasteiger partial charge in [0.2, 0.25) is 5.91 Å². The molecule has 2 aromatic rings. The lowest BCUT2D eigenvalue weighted by molar-refractivity contribution is -0.122. The summed E-state index contributed by atoms with van der Waals surface area (Å²) >= 11 is 0. The van der Waals surface area contributed by atoms with Gasteiger partial charge in [-0.1, -0.05) is 44.4 Å². The standard InChI is InChI=1S/C22H32N2O2/c1-3-16-10-7-11-18-20(15-24-22(16)18)19(17-8-5-4-6-9-17)14-21(25)23-12-13-26-2/h7,10-11,15,17,19,24H,3-6,8-9,12-14H2,1-2H3,(H,23,25)/t19-/m1/s1. The van der Waals surface area contributed by atoms with Gasteiger partial charge in [-0.3, -0.25) is 4.79 Å². The first-order valence-electron chi connectivity index (χ1n) is 10.1. The number of amides is 1. The zero-order valence-electron chi connectivity index (χ0n) is 16.1. The normalized spacial score (nSPS) is 16.7. The Hall–Kier alpha value is -1.81. The van der Waals surface area contributed by atoms with Crippen molar-refractivity contribution in [3.8, 4) is 0 Å². The molecule has 1 fully saturated rings. The minimum atomic E-state index is 0.138. The first-order valence-corrected chi connectivity index (χ1v) is 10.1. The highest BCUT2D eigenvalue weighted by Crippen LogP contribution is 2.41. The van der Waals surface area contributed by atoms with Crippen LogP contribution >= 0.6 is 0 Å². The summed E-state index contributed by atoms with van der Waals surface area (Å²) in [5.41, 5.74) is 3.91. The number of para-hydroxylation sites is 1. The highest BCUT2D eigenvalue weighted by atomic mass is 16.5. The predicted octanol–water partition coefficient (Wildman–Crippen LogP) is 4.55. The van der Waals surface area contributed by atoms with Crippen molar-refractivity contribution in [3.05, 3.63) is 35.5 Å². The molecule has 1 aromatic carbocycles. The van der Waals surface area contributed by atoms with Crippen LogP contribution in [0.4, 0.5) is 0 Å². The van der Waals surface area contributed by atoms with Gasteiger partial charge >= 0.3 is 0 Å². The number of H-pyrrole nitrogens is 1. The van der Waals surface area contributed by atoms with E-state index in [4.69, 9.17) is 4.74 Å². The maximum atomic E-state index is 12.5. The Morgan fingerprint density at radius 3 is 2.85 bits per heavy atom. The molecular weight excluding hydrogens is 324 g/mol. The van der Waals surface area contributed by atoms with E-state index in [-0.39, 0.29) is 5.91 Å². The number of aryl methyl sites for hydroxylation is 1. The van der Waals surface area contributed by atoms with Gasteiger partial charge in [-0.05, 0) is 42.2 Å². The Labute approximate surface area is 156 Å². The van der Waals surface area contributed by atoms with Gasteiger partial charge in [0.1, 0.15) is 0 Å². The average Bonchev–Trinajstić information content (AvgIpc) is 3.11. The molecule has 1 saturated carbocycles. The number of nitrogens with one attached hydrogen (secondary N) is 2. The number of rotatable bonds is 8. The first kappa shape index (κ1) is 19.0. The quantitative estimate of drug-likeness (QED) is 0.682. The Morgan fingerprint density at radius 1 is 1.31 bits per heavy atom. The van der Waals surface area contributed by atoms with E-state index in [0.717, 1.165) is 6.42 Å². The van der Waals surface area contributed by atoms with Gasteiger partial charge in [0, 0.05) is 37.2 Å². The van der Waals surface area contributed by atoms with Gasteiger partial charge < -0.3 is 15.0 Å². The minimum absolute atomic E-state index is 0.138. The Kier molecular flexibility index (Phi) is 6.73. The van der Waals surface area contributed by atoms with Gasteiger partial charge in [-0.2, -0.15) is 0 Å². The van der Waals surface area contributed by atoms with Crippen LogP contribution in [0.2, 0.25) is 0 Å². The van der Waals surface area contributed by atoms with Crippen molar-refractivity contribution in [2.75, 3.05) is 20.3 Å². The second kappa shape index (κ2) is 9.22. The van der Waals surface area contributed by atoms with Crippen molar-refractivity contribution in [2.24, 2.45) is 5.92 Å². The molecule has 142 valence electrons. The van der Waals surface area contributed by atoms with E-state index in [1.54, 1.807) is 7.11 Å². The number of aromatic amines is 1. The van der Waals surface area contributed by atoms with Crippen molar-refractivity contribution in [1.82, 2.24) is 10.3 Å². The van der Waals surface area contributed by atoms with Crippen LogP contribution in [0, 0.1) is 5.92 Å². The molecule has 1 amide bonds. The fraction of sp³-hybridized carbons (Fsp3) is 0.591. The molecule has 0 saturated heterocycles. The SMILES string of the molecule is CCc1cccc2c([C@H](CC(=O)NCCOC)C3CCCCC3)c[nH]c12. The fourth-order valence-corrected chi connectivity index (χ4v) is 4.47. The number of methoxy groups -OCH3 is 1. The van der Waals surface area contributed by atoms with Crippen LogP contribution in [-0.4, -0.2) is 31.2 Å². The Bertz CT molecular complexity index is 716. The van der Waals surface area contributed by atoms with Crippen LogP contribution < -0.4 is 5.32 Å². The molecule has 0 aliphatic heterocycles. The monoisotopic (exact) mass is 356 g/mol. The van der Waals surface area contributed by atoms with E-state index in [9.17, 15) is 4.79 Å². The summed E-state index contributed by atoms with van der Waals surface area (Å²) in [7, 11) is 1.66. The van der Waals surface area contributed by atoms with E-state index in [1.165, 1.54) is 54.1 Å². The van der Waals surface area contributed by atoms with Crippen LogP contribution in [0.1, 0.15) is 62.5 Å². The summed E-state index contributed by atoms with van der Waals surface area (Å²) in [6, 6.07) is 6.55. The second-order valence-electron chi connectivity index (χ2n) is 7.49. The molecule has 0 radical (unpaired) electrons. The number of hydrogen-bond donors (Lipinski definition) is 2. The summed E-state index contributed by atoms with van der Waals surface area (Å²) < 4.78 is 5.05. The van der Waals surface area contributed by atoms with Crippen molar-refractivity contribution >= 4 is 16.8 Å². The first-order chi connectivity index (χ1) is 12.7. The number of fused-ring (bicyclic) bond motifs is 1. The van der Waals surface area contributed by atoms with Crippen molar-refractivity contribution in [2.45, 2.75) is 57.8 Å². The third-order valence-electron chi connectivity index (χ3n) is 5.87. The second-order valence-corrected chi connectivity index (χ2v) is 7.49. The zero-order chi connectivity index (χ0) is 18.4. The average molecular weight is 357 g/mol. The van der Waals surface area contributed by atoms with Crippen LogP contribution in [-0.2, 0) is 16.0 Å². The molecule has 1 aliphatic carbocycles. The summed E-state index contributed by atoms with van der Waals surface area (Å²) in [5.74, 6) is 1.03. The molecular formula is C22H32N2O2. The van der Waals surface area contributed by atoms with E-state index in [2.05, 4.69) is 41.6 Å². The number of hydrogen-bond acceptors (Lipinski definition) is 2. The van der Waals surface area contributed by atoms with Crippen LogP contribution in [0.15, 0.2) is 24.4 Å². The van der Waals surface area contributed by atoms with Crippen molar-refractivity contribution in [3.63, 3.8) is 0 Å². The smallest absolute Gasteiger partial charge is 0.220 e. The Balaban J connectivity index is 1.86. The summed E-state index contributed by atoms with van der Waals surface area (Å²) in [5, 5.41) is 4.31. The molecule has 3 rings (SSSR count). The molecule has 1 heterocycles. The van der Waals surface area contributed by atoms with Gasteiger partial charge in [-0.25, -0.2) is 0 Å². The minimum Gasteiger partial charge on any atom is -0.383 e. The van der Waals surface area contributed by atoms with Crippen LogP contribution in [0.5, 0.6) is 0 Å². The third kappa shape index (κ3) is 4.29. The Morgan fingerprint density at radius 2 is 2.12 bits per heavy atom. The number of ether oxygens (including phenoxy) is 1. The summed E-state index contributed by atoms with van der Waals surface area (Å²) in [4.78, 5) is 16.0. The van der Waals surface area contributed by atoms with Crippen molar-refractivity contribution in [1.29, 1.82) is 0 Å². The largest absolute Gasteiger partial charge is 0.383 e. The van der Waals surface area contributed by atoms with E-state index < -0.39 is 0 Å². The van der Waals surface area contributed by atoms with E-state index in [1.807, 2.05) is 0 Å². The molecule has 1 atom stereocenters. The molecule has 4 nitrogen and oxygen atoms in total. The van der Waals surface area contributed by atoms with Crippen LogP contribution in [0.3, 0.4) is 0 Å². The zero-order valence-corrected chi connectivity index (χ0v) is 16.1. The number of carbonyl (C=O) groups is 1. The number of benzene rings is 1. The molecule has 1 aromatic heterocycles. The van der Waals surface area contributed by atoms with Gasteiger partial charge in [0.05, 0.1) is 6.61 Å².